The van der Waals surface area contributed by atoms with Gasteiger partial charge in [-0.3, -0.25) is 0 Å². The number of aliphatic hydroxyl groups is 1. The molecule has 0 aromatic heterocycles. The van der Waals surface area contributed by atoms with Crippen molar-refractivity contribution in [1.29, 1.82) is 0 Å². The molecule has 15 heavy (non-hydrogen) atoms. The van der Waals surface area contributed by atoms with Gasteiger partial charge in [0.25, 0.3) is 0 Å². The molecule has 0 spiro atoms. The second kappa shape index (κ2) is 6.41. The molecule has 0 amide bonds. The predicted octanol–water partition coefficient (Wildman–Crippen LogP) is 3.25. The van der Waals surface area contributed by atoms with Crippen molar-refractivity contribution in [3.8, 4) is 0 Å². The highest BCUT2D eigenvalue weighted by Crippen LogP contribution is 2.10. The van der Waals surface area contributed by atoms with Gasteiger partial charge in [0.1, 0.15) is 0 Å². The first-order valence-electron chi connectivity index (χ1n) is 5.57. The molecule has 1 N–H and O–H groups in total. The molecule has 0 aliphatic rings. The van der Waals surface area contributed by atoms with Crippen molar-refractivity contribution in [2.45, 2.75) is 38.7 Å². The molecule has 0 fully saturated rings. The molecule has 1 aromatic rings. The third kappa shape index (κ3) is 4.80. The zero-order valence-corrected chi connectivity index (χ0v) is 9.45. The molecule has 1 unspecified atom stereocenters. The Hall–Kier alpha value is -1.08. The number of benzene rings is 1. The highest BCUT2D eigenvalue weighted by molar-refractivity contribution is 5.21. The summed E-state index contributed by atoms with van der Waals surface area (Å²) in [5.41, 5.74) is 2.59. The van der Waals surface area contributed by atoms with Crippen LogP contribution in [0.5, 0.6) is 0 Å². The van der Waals surface area contributed by atoms with Gasteiger partial charge in [-0.25, -0.2) is 0 Å². The standard InChI is InChI=1S/C14H20O/c1-3-4-5-14(15)11-10-13-8-6-12(2)7-9-13/h3,6-9,14-15H,1,4-5,10-11H2,2H3. The summed E-state index contributed by atoms with van der Waals surface area (Å²) in [7, 11) is 0. The molecule has 0 heterocycles. The van der Waals surface area contributed by atoms with Gasteiger partial charge >= 0.3 is 0 Å². The van der Waals surface area contributed by atoms with Gasteiger partial charge in [0, 0.05) is 0 Å². The summed E-state index contributed by atoms with van der Waals surface area (Å²) in [6.07, 6.45) is 5.19. The average molecular weight is 204 g/mol. The van der Waals surface area contributed by atoms with Gasteiger partial charge in [-0.05, 0) is 38.2 Å². The third-order valence-corrected chi connectivity index (χ3v) is 2.59. The van der Waals surface area contributed by atoms with E-state index >= 15 is 0 Å². The fourth-order valence-electron chi connectivity index (χ4n) is 1.54. The Bertz CT molecular complexity index is 287. The van der Waals surface area contributed by atoms with E-state index in [0.29, 0.717) is 0 Å². The van der Waals surface area contributed by atoms with E-state index in [0.717, 1.165) is 25.7 Å². The van der Waals surface area contributed by atoms with Crippen LogP contribution in [0.15, 0.2) is 36.9 Å². The highest BCUT2D eigenvalue weighted by Gasteiger charge is 2.03. The van der Waals surface area contributed by atoms with Gasteiger partial charge in [-0.1, -0.05) is 35.9 Å². The molecule has 1 heteroatoms. The maximum absolute atomic E-state index is 9.65. The largest absolute Gasteiger partial charge is 0.393 e. The lowest BCUT2D eigenvalue weighted by Crippen LogP contribution is -2.07. The van der Waals surface area contributed by atoms with Gasteiger partial charge in [-0.15, -0.1) is 6.58 Å². The molecule has 0 radical (unpaired) electrons. The van der Waals surface area contributed by atoms with E-state index in [-0.39, 0.29) is 6.10 Å². The molecular weight excluding hydrogens is 184 g/mol. The van der Waals surface area contributed by atoms with E-state index in [1.807, 2.05) is 6.08 Å². The maximum atomic E-state index is 9.65. The Kier molecular flexibility index (Phi) is 5.13. The Morgan fingerprint density at radius 1 is 1.27 bits per heavy atom. The van der Waals surface area contributed by atoms with Crippen LogP contribution in [0, 0.1) is 6.92 Å². The van der Waals surface area contributed by atoms with Crippen LogP contribution in [0.3, 0.4) is 0 Å². The molecule has 1 nitrogen and oxygen atoms in total. The molecule has 0 saturated carbocycles. The Labute approximate surface area is 92.5 Å². The quantitative estimate of drug-likeness (QED) is 0.705. The average Bonchev–Trinajstić information content (AvgIpc) is 2.25. The van der Waals surface area contributed by atoms with Crippen molar-refractivity contribution in [2.24, 2.45) is 0 Å². The normalized spacial score (nSPS) is 12.4. The summed E-state index contributed by atoms with van der Waals surface area (Å²) < 4.78 is 0. The molecule has 0 aliphatic carbocycles. The van der Waals surface area contributed by atoms with Crippen LogP contribution in [0.25, 0.3) is 0 Å². The molecule has 0 bridgehead atoms. The molecule has 0 aliphatic heterocycles. The second-order valence-corrected chi connectivity index (χ2v) is 4.04. The number of aryl methyl sites for hydroxylation is 2. The van der Waals surface area contributed by atoms with Crippen LogP contribution in [0.4, 0.5) is 0 Å². The summed E-state index contributed by atoms with van der Waals surface area (Å²) >= 11 is 0. The minimum absolute atomic E-state index is 0.190. The van der Waals surface area contributed by atoms with Crippen molar-refractivity contribution in [1.82, 2.24) is 0 Å². The first-order valence-corrected chi connectivity index (χ1v) is 5.57. The number of aliphatic hydroxyl groups excluding tert-OH is 1. The Balaban J connectivity index is 2.30. The fourth-order valence-corrected chi connectivity index (χ4v) is 1.54. The Morgan fingerprint density at radius 2 is 1.93 bits per heavy atom. The minimum Gasteiger partial charge on any atom is -0.393 e. The van der Waals surface area contributed by atoms with Gasteiger partial charge in [0.2, 0.25) is 0 Å². The Morgan fingerprint density at radius 3 is 2.53 bits per heavy atom. The lowest BCUT2D eigenvalue weighted by molar-refractivity contribution is 0.156. The first kappa shape index (κ1) is 12.0. The summed E-state index contributed by atoms with van der Waals surface area (Å²) in [4.78, 5) is 0. The van der Waals surface area contributed by atoms with E-state index in [1.165, 1.54) is 11.1 Å². The molecule has 82 valence electrons. The smallest absolute Gasteiger partial charge is 0.0546 e. The minimum atomic E-state index is -0.190. The van der Waals surface area contributed by atoms with E-state index in [4.69, 9.17) is 0 Å². The molecule has 1 rings (SSSR count). The number of hydrogen-bond acceptors (Lipinski definition) is 1. The van der Waals surface area contributed by atoms with Gasteiger partial charge in [-0.2, -0.15) is 0 Å². The molecular formula is C14H20O. The number of allylic oxidation sites excluding steroid dienone is 1. The second-order valence-electron chi connectivity index (χ2n) is 4.04. The highest BCUT2D eigenvalue weighted by atomic mass is 16.3. The summed E-state index contributed by atoms with van der Waals surface area (Å²) in [6.45, 7) is 5.74. The number of hydrogen-bond donors (Lipinski definition) is 1. The van der Waals surface area contributed by atoms with Crippen molar-refractivity contribution in [2.75, 3.05) is 0 Å². The van der Waals surface area contributed by atoms with Crippen LogP contribution >= 0.6 is 0 Å². The van der Waals surface area contributed by atoms with E-state index < -0.39 is 0 Å². The topological polar surface area (TPSA) is 20.2 Å². The predicted molar refractivity (Wildman–Crippen MR) is 64.9 cm³/mol. The van der Waals surface area contributed by atoms with Crippen LogP contribution < -0.4 is 0 Å². The van der Waals surface area contributed by atoms with Gasteiger partial charge in [0.05, 0.1) is 6.10 Å². The monoisotopic (exact) mass is 204 g/mol. The van der Waals surface area contributed by atoms with E-state index in [1.54, 1.807) is 0 Å². The number of rotatable bonds is 6. The zero-order valence-electron chi connectivity index (χ0n) is 9.45. The van der Waals surface area contributed by atoms with E-state index in [9.17, 15) is 5.11 Å². The van der Waals surface area contributed by atoms with Crippen molar-refractivity contribution in [3.05, 3.63) is 48.0 Å². The van der Waals surface area contributed by atoms with Crippen LogP contribution in [-0.4, -0.2) is 11.2 Å². The third-order valence-electron chi connectivity index (χ3n) is 2.59. The maximum Gasteiger partial charge on any atom is 0.0546 e. The zero-order chi connectivity index (χ0) is 11.1. The summed E-state index contributed by atoms with van der Waals surface area (Å²) in [5.74, 6) is 0. The SMILES string of the molecule is C=CCCC(O)CCc1ccc(C)cc1. The van der Waals surface area contributed by atoms with Crippen molar-refractivity contribution >= 4 is 0 Å². The van der Waals surface area contributed by atoms with Crippen LogP contribution in [-0.2, 0) is 6.42 Å². The van der Waals surface area contributed by atoms with Crippen LogP contribution in [0.2, 0.25) is 0 Å². The molecule has 0 saturated heterocycles. The van der Waals surface area contributed by atoms with Gasteiger partial charge in [0.15, 0.2) is 0 Å². The van der Waals surface area contributed by atoms with Crippen molar-refractivity contribution in [3.63, 3.8) is 0 Å². The van der Waals surface area contributed by atoms with Gasteiger partial charge < -0.3 is 5.11 Å². The lowest BCUT2D eigenvalue weighted by Gasteiger charge is -2.08. The summed E-state index contributed by atoms with van der Waals surface area (Å²) in [5, 5.41) is 9.65. The summed E-state index contributed by atoms with van der Waals surface area (Å²) in [6, 6.07) is 8.50. The first-order chi connectivity index (χ1) is 7.22. The fraction of sp³-hybridized carbons (Fsp3) is 0.429. The van der Waals surface area contributed by atoms with E-state index in [2.05, 4.69) is 37.8 Å². The van der Waals surface area contributed by atoms with Crippen LogP contribution in [0.1, 0.15) is 30.4 Å². The van der Waals surface area contributed by atoms with Crippen molar-refractivity contribution < 1.29 is 5.11 Å². The molecule has 1 aromatic carbocycles. The lowest BCUT2D eigenvalue weighted by atomic mass is 10.0. The molecule has 1 atom stereocenters.